The van der Waals surface area contributed by atoms with Crippen molar-refractivity contribution < 1.29 is 4.79 Å². The van der Waals surface area contributed by atoms with E-state index >= 15 is 0 Å². The van der Waals surface area contributed by atoms with Gasteiger partial charge < -0.3 is 16.8 Å². The van der Waals surface area contributed by atoms with Crippen LogP contribution in [0.3, 0.4) is 0 Å². The first-order chi connectivity index (χ1) is 11.9. The molecule has 0 aliphatic rings. The van der Waals surface area contributed by atoms with Crippen LogP contribution in [0, 0.1) is 5.92 Å². The van der Waals surface area contributed by atoms with Crippen LogP contribution in [0.4, 0.5) is 11.6 Å². The van der Waals surface area contributed by atoms with E-state index in [0.717, 1.165) is 12.0 Å². The molecule has 0 saturated heterocycles. The van der Waals surface area contributed by atoms with Gasteiger partial charge in [-0.25, -0.2) is 9.97 Å². The summed E-state index contributed by atoms with van der Waals surface area (Å²) < 4.78 is 0. The summed E-state index contributed by atoms with van der Waals surface area (Å²) in [4.78, 5) is 20.5. The van der Waals surface area contributed by atoms with Gasteiger partial charge in [0, 0.05) is 6.07 Å². The van der Waals surface area contributed by atoms with Crippen LogP contribution in [-0.2, 0) is 11.2 Å². The fraction of sp³-hybridized carbons (Fsp3) is 0.389. The van der Waals surface area contributed by atoms with Gasteiger partial charge in [-0.05, 0) is 23.5 Å². The zero-order valence-corrected chi connectivity index (χ0v) is 15.6. The van der Waals surface area contributed by atoms with Crippen molar-refractivity contribution >= 4 is 29.3 Å². The molecular formula is C18H25N5OS. The number of nitrogens with zero attached hydrogens (tertiary/aromatic N) is 2. The van der Waals surface area contributed by atoms with E-state index in [0.29, 0.717) is 16.8 Å². The molecule has 1 amide bonds. The summed E-state index contributed by atoms with van der Waals surface area (Å²) >= 11 is 1.22. The summed E-state index contributed by atoms with van der Waals surface area (Å²) in [5.41, 5.74) is 13.7. The molecule has 1 aromatic heterocycles. The Morgan fingerprint density at radius 1 is 1.16 bits per heavy atom. The minimum absolute atomic E-state index is 0.0363. The van der Waals surface area contributed by atoms with Crippen LogP contribution >= 0.6 is 11.8 Å². The summed E-state index contributed by atoms with van der Waals surface area (Å²) in [5, 5.41) is 3.50. The molecule has 0 bridgehead atoms. The average molecular weight is 359 g/mol. The van der Waals surface area contributed by atoms with Crippen LogP contribution in [0.15, 0.2) is 35.5 Å². The topological polar surface area (TPSA) is 107 Å². The average Bonchev–Trinajstić information content (AvgIpc) is 2.57. The summed E-state index contributed by atoms with van der Waals surface area (Å²) in [7, 11) is 0. The van der Waals surface area contributed by atoms with Crippen molar-refractivity contribution in [3.05, 3.63) is 41.5 Å². The fourth-order valence-corrected chi connectivity index (χ4v) is 3.15. The van der Waals surface area contributed by atoms with Crippen molar-refractivity contribution in [2.75, 3.05) is 17.2 Å². The largest absolute Gasteiger partial charge is 0.383 e. The minimum atomic E-state index is -0.0761. The molecule has 1 heterocycles. The van der Waals surface area contributed by atoms with Gasteiger partial charge in [-0.2, -0.15) is 0 Å². The first-order valence-corrected chi connectivity index (χ1v) is 9.28. The van der Waals surface area contributed by atoms with Gasteiger partial charge in [-0.15, -0.1) is 0 Å². The van der Waals surface area contributed by atoms with Crippen LogP contribution in [0.25, 0.3) is 0 Å². The highest BCUT2D eigenvalue weighted by molar-refractivity contribution is 7.99. The minimum Gasteiger partial charge on any atom is -0.383 e. The number of aryl methyl sites for hydroxylation is 1. The number of nitrogens with one attached hydrogen (secondary N) is 1. The summed E-state index contributed by atoms with van der Waals surface area (Å²) in [6.07, 6.45) is 0.999. The van der Waals surface area contributed by atoms with Crippen molar-refractivity contribution in [3.8, 4) is 0 Å². The third-order valence-electron chi connectivity index (χ3n) is 3.81. The molecular weight excluding hydrogens is 334 g/mol. The first kappa shape index (κ1) is 19.1. The van der Waals surface area contributed by atoms with Gasteiger partial charge in [0.1, 0.15) is 11.6 Å². The molecule has 0 unspecified atom stereocenters. The van der Waals surface area contributed by atoms with Crippen LogP contribution in [0.2, 0.25) is 0 Å². The number of amides is 1. The second-order valence-corrected chi connectivity index (χ2v) is 7.12. The number of hydrogen-bond donors (Lipinski definition) is 3. The predicted octanol–water partition coefficient (Wildman–Crippen LogP) is 2.81. The van der Waals surface area contributed by atoms with E-state index in [1.165, 1.54) is 23.4 Å². The molecule has 0 aliphatic heterocycles. The molecule has 2 rings (SSSR count). The number of nitrogens with two attached hydrogens (primary N) is 2. The number of nitrogen functional groups attached to an aromatic ring is 2. The molecule has 1 aromatic carbocycles. The smallest absolute Gasteiger partial charge is 0.230 e. The van der Waals surface area contributed by atoms with Crippen molar-refractivity contribution in [3.63, 3.8) is 0 Å². The van der Waals surface area contributed by atoms with E-state index in [9.17, 15) is 4.79 Å². The standard InChI is InChI=1S/C18H25N5OS/c1-4-12-5-7-13(8-6-12)17(11(2)3)23-16(24)10-25-18-21-14(19)9-15(20)22-18/h5-9,11,17H,4,10H2,1-3H3,(H,23,24)(H4,19,20,21,22)/t17-/m0/s1. The molecule has 0 spiro atoms. The van der Waals surface area contributed by atoms with Gasteiger partial charge >= 0.3 is 0 Å². The maximum absolute atomic E-state index is 12.3. The van der Waals surface area contributed by atoms with Crippen molar-refractivity contribution in [2.45, 2.75) is 38.4 Å². The molecule has 134 valence electrons. The second-order valence-electron chi connectivity index (χ2n) is 6.17. The molecule has 0 aliphatic carbocycles. The molecule has 2 aromatic rings. The maximum atomic E-state index is 12.3. The Labute approximate surface area is 152 Å². The van der Waals surface area contributed by atoms with Crippen molar-refractivity contribution in [1.82, 2.24) is 15.3 Å². The number of hydrogen-bond acceptors (Lipinski definition) is 6. The Morgan fingerprint density at radius 3 is 2.28 bits per heavy atom. The Hall–Kier alpha value is -2.28. The zero-order valence-electron chi connectivity index (χ0n) is 14.8. The lowest BCUT2D eigenvalue weighted by molar-refractivity contribution is -0.119. The highest BCUT2D eigenvalue weighted by atomic mass is 32.2. The monoisotopic (exact) mass is 359 g/mol. The number of aromatic nitrogens is 2. The van der Waals surface area contributed by atoms with Crippen molar-refractivity contribution in [1.29, 1.82) is 0 Å². The normalized spacial score (nSPS) is 12.2. The number of carbonyl (C=O) groups is 1. The van der Waals surface area contributed by atoms with E-state index in [4.69, 9.17) is 11.5 Å². The molecule has 25 heavy (non-hydrogen) atoms. The first-order valence-electron chi connectivity index (χ1n) is 8.30. The molecule has 7 heteroatoms. The number of anilines is 2. The van der Waals surface area contributed by atoms with E-state index in [1.54, 1.807) is 0 Å². The van der Waals surface area contributed by atoms with E-state index in [-0.39, 0.29) is 23.6 Å². The lowest BCUT2D eigenvalue weighted by Crippen LogP contribution is -2.33. The second kappa shape index (κ2) is 8.71. The zero-order chi connectivity index (χ0) is 18.4. The Morgan fingerprint density at radius 2 is 1.76 bits per heavy atom. The number of thioether (sulfide) groups is 1. The van der Waals surface area contributed by atoms with E-state index < -0.39 is 0 Å². The third kappa shape index (κ3) is 5.63. The highest BCUT2D eigenvalue weighted by Crippen LogP contribution is 2.23. The molecule has 1 atom stereocenters. The van der Waals surface area contributed by atoms with Crippen molar-refractivity contribution in [2.24, 2.45) is 5.92 Å². The maximum Gasteiger partial charge on any atom is 0.230 e. The predicted molar refractivity (Wildman–Crippen MR) is 103 cm³/mol. The lowest BCUT2D eigenvalue weighted by atomic mass is 9.95. The van der Waals surface area contributed by atoms with Gasteiger partial charge in [-0.3, -0.25) is 4.79 Å². The molecule has 5 N–H and O–H groups in total. The molecule has 6 nitrogen and oxygen atoms in total. The third-order valence-corrected chi connectivity index (χ3v) is 4.66. The summed E-state index contributed by atoms with van der Waals surface area (Å²) in [5.74, 6) is 1.01. The highest BCUT2D eigenvalue weighted by Gasteiger charge is 2.18. The Balaban J connectivity index is 1.99. The summed E-state index contributed by atoms with van der Waals surface area (Å²) in [6.45, 7) is 6.31. The van der Waals surface area contributed by atoms with Gasteiger partial charge in [-0.1, -0.05) is 56.8 Å². The van der Waals surface area contributed by atoms with Crippen LogP contribution < -0.4 is 16.8 Å². The van der Waals surface area contributed by atoms with Gasteiger partial charge in [0.25, 0.3) is 0 Å². The molecule has 0 radical (unpaired) electrons. The number of carbonyl (C=O) groups excluding carboxylic acids is 1. The summed E-state index contributed by atoms with van der Waals surface area (Å²) in [6, 6.07) is 9.82. The van der Waals surface area contributed by atoms with Crippen LogP contribution in [0.5, 0.6) is 0 Å². The van der Waals surface area contributed by atoms with Gasteiger partial charge in [0.15, 0.2) is 5.16 Å². The Kier molecular flexibility index (Phi) is 6.64. The number of rotatable bonds is 7. The fourth-order valence-electron chi connectivity index (χ4n) is 2.47. The molecule has 0 saturated carbocycles. The number of benzene rings is 1. The Bertz CT molecular complexity index is 698. The van der Waals surface area contributed by atoms with Crippen LogP contribution in [-0.4, -0.2) is 21.6 Å². The lowest BCUT2D eigenvalue weighted by Gasteiger charge is -2.23. The SMILES string of the molecule is CCc1ccc([C@@H](NC(=O)CSc2nc(N)cc(N)n2)C(C)C)cc1. The van der Waals surface area contributed by atoms with Crippen LogP contribution in [0.1, 0.15) is 37.9 Å². The van der Waals surface area contributed by atoms with Gasteiger partial charge in [0.05, 0.1) is 11.8 Å². The van der Waals surface area contributed by atoms with Gasteiger partial charge in [0.2, 0.25) is 5.91 Å². The van der Waals surface area contributed by atoms with E-state index in [1.807, 2.05) is 0 Å². The molecule has 0 fully saturated rings. The van der Waals surface area contributed by atoms with E-state index in [2.05, 4.69) is 60.3 Å². The quantitative estimate of drug-likeness (QED) is 0.518.